The summed E-state index contributed by atoms with van der Waals surface area (Å²) in [5, 5.41) is 0. The van der Waals surface area contributed by atoms with Crippen LogP contribution in [0, 0.1) is 0 Å². The summed E-state index contributed by atoms with van der Waals surface area (Å²) >= 11 is 0. The van der Waals surface area contributed by atoms with E-state index in [9.17, 15) is 0 Å². The SMILES string of the molecule is CCCCCCCCCCCCCCCCC(C)[n+]1cc[nH]c1C(CCC)CCCCCCCCCCCCCCC. The van der Waals surface area contributed by atoms with Crippen molar-refractivity contribution in [1.82, 2.24) is 4.98 Å². The molecule has 2 atom stereocenters. The highest BCUT2D eigenvalue weighted by Gasteiger charge is 2.24. The van der Waals surface area contributed by atoms with Crippen LogP contribution in [0.5, 0.6) is 0 Å². The van der Waals surface area contributed by atoms with Gasteiger partial charge in [0.2, 0.25) is 0 Å². The fraction of sp³-hybridized carbons (Fsp3) is 0.925. The zero-order valence-corrected chi connectivity index (χ0v) is 29.7. The predicted molar refractivity (Wildman–Crippen MR) is 189 cm³/mol. The number of aromatic amines is 1. The van der Waals surface area contributed by atoms with E-state index < -0.39 is 0 Å². The maximum Gasteiger partial charge on any atom is 0.257 e. The average molecular weight is 588 g/mol. The van der Waals surface area contributed by atoms with Gasteiger partial charge in [0, 0.05) is 0 Å². The molecule has 0 bridgehead atoms. The van der Waals surface area contributed by atoms with E-state index in [0.29, 0.717) is 12.0 Å². The van der Waals surface area contributed by atoms with E-state index in [1.807, 2.05) is 0 Å². The molecule has 2 unspecified atom stereocenters. The minimum atomic E-state index is 0.620. The second-order valence-electron chi connectivity index (χ2n) is 14.0. The molecule has 0 spiro atoms. The first-order valence-corrected chi connectivity index (χ1v) is 19.8. The minimum Gasteiger partial charge on any atom is -0.247 e. The van der Waals surface area contributed by atoms with Gasteiger partial charge in [-0.25, -0.2) is 9.55 Å². The van der Waals surface area contributed by atoms with Gasteiger partial charge in [0.25, 0.3) is 5.82 Å². The minimum absolute atomic E-state index is 0.620. The molecule has 1 rings (SSSR count). The second-order valence-corrected chi connectivity index (χ2v) is 14.0. The largest absolute Gasteiger partial charge is 0.257 e. The van der Waals surface area contributed by atoms with E-state index in [1.165, 1.54) is 205 Å². The molecule has 2 heteroatoms. The summed E-state index contributed by atoms with van der Waals surface area (Å²) < 4.78 is 2.60. The topological polar surface area (TPSA) is 19.7 Å². The number of unbranched alkanes of at least 4 members (excludes halogenated alkanes) is 25. The first-order chi connectivity index (χ1) is 20.7. The van der Waals surface area contributed by atoms with Crippen molar-refractivity contribution < 1.29 is 4.57 Å². The summed E-state index contributed by atoms with van der Waals surface area (Å²) in [5.41, 5.74) is 0. The van der Waals surface area contributed by atoms with Crippen LogP contribution in [0.2, 0.25) is 0 Å². The molecular weight excluding hydrogens is 508 g/mol. The molecule has 0 aromatic carbocycles. The fourth-order valence-corrected chi connectivity index (χ4v) is 7.02. The van der Waals surface area contributed by atoms with E-state index >= 15 is 0 Å². The molecule has 0 aliphatic rings. The third-order valence-corrected chi connectivity index (χ3v) is 9.87. The number of nitrogens with zero attached hydrogens (tertiary/aromatic N) is 1. The first-order valence-electron chi connectivity index (χ1n) is 19.8. The highest BCUT2D eigenvalue weighted by atomic mass is 15.1. The van der Waals surface area contributed by atoms with Gasteiger partial charge in [-0.3, -0.25) is 0 Å². The van der Waals surface area contributed by atoms with E-state index in [4.69, 9.17) is 0 Å². The molecule has 248 valence electrons. The number of hydrogen-bond acceptors (Lipinski definition) is 0. The van der Waals surface area contributed by atoms with Crippen LogP contribution >= 0.6 is 0 Å². The standard InChI is InChI=1S/C40H78N2/c1-5-8-10-12-14-16-18-20-22-23-25-27-29-31-34-38(4)42-37-36-41-40(42)39(33-7-3)35-32-30-28-26-24-21-19-17-15-13-11-9-6-2/h36-39H,5-35H2,1-4H3/p+1. The molecule has 0 fully saturated rings. The summed E-state index contributed by atoms with van der Waals surface area (Å²) in [6.07, 6.45) is 48.8. The highest BCUT2D eigenvalue weighted by Crippen LogP contribution is 2.26. The molecule has 0 aliphatic carbocycles. The van der Waals surface area contributed by atoms with E-state index in [-0.39, 0.29) is 0 Å². The lowest BCUT2D eigenvalue weighted by Gasteiger charge is -2.16. The average Bonchev–Trinajstić information content (AvgIpc) is 3.49. The molecule has 0 amide bonds. The van der Waals surface area contributed by atoms with E-state index in [1.54, 1.807) is 0 Å². The van der Waals surface area contributed by atoms with Crippen LogP contribution in [-0.2, 0) is 0 Å². The third kappa shape index (κ3) is 21.8. The summed E-state index contributed by atoms with van der Waals surface area (Å²) in [5.74, 6) is 2.21. The fourth-order valence-electron chi connectivity index (χ4n) is 7.02. The van der Waals surface area contributed by atoms with Crippen LogP contribution in [0.4, 0.5) is 0 Å². The number of hydrogen-bond donors (Lipinski definition) is 1. The van der Waals surface area contributed by atoms with E-state index in [0.717, 1.165) is 0 Å². The van der Waals surface area contributed by atoms with Gasteiger partial charge in [-0.15, -0.1) is 0 Å². The second kappa shape index (κ2) is 30.2. The third-order valence-electron chi connectivity index (χ3n) is 9.87. The van der Waals surface area contributed by atoms with Crippen molar-refractivity contribution in [3.63, 3.8) is 0 Å². The number of imidazole rings is 1. The quantitative estimate of drug-likeness (QED) is 0.0623. The van der Waals surface area contributed by atoms with Crippen molar-refractivity contribution in [2.24, 2.45) is 0 Å². The molecule has 1 aromatic heterocycles. The Kier molecular flexibility index (Phi) is 28.3. The lowest BCUT2D eigenvalue weighted by atomic mass is 9.94. The smallest absolute Gasteiger partial charge is 0.247 e. The van der Waals surface area contributed by atoms with Crippen molar-refractivity contribution in [1.29, 1.82) is 0 Å². The van der Waals surface area contributed by atoms with Gasteiger partial charge < -0.3 is 0 Å². The van der Waals surface area contributed by atoms with Gasteiger partial charge in [0.05, 0.1) is 12.0 Å². The van der Waals surface area contributed by atoms with Gasteiger partial charge in [-0.2, -0.15) is 0 Å². The normalized spacial score (nSPS) is 13.1. The Morgan fingerprint density at radius 1 is 0.452 bits per heavy atom. The number of nitrogens with one attached hydrogen (secondary N) is 1. The Balaban J connectivity index is 2.12. The Morgan fingerprint density at radius 3 is 1.19 bits per heavy atom. The van der Waals surface area contributed by atoms with Crippen LogP contribution in [-0.4, -0.2) is 4.98 Å². The van der Waals surface area contributed by atoms with Crippen LogP contribution in [0.25, 0.3) is 0 Å². The predicted octanol–water partition coefficient (Wildman–Crippen LogP) is 14.1. The highest BCUT2D eigenvalue weighted by molar-refractivity contribution is 4.90. The van der Waals surface area contributed by atoms with Gasteiger partial charge in [0.15, 0.2) is 0 Å². The maximum absolute atomic E-state index is 3.68. The van der Waals surface area contributed by atoms with Gasteiger partial charge in [-0.05, 0) is 32.6 Å². The zero-order chi connectivity index (χ0) is 30.4. The zero-order valence-electron chi connectivity index (χ0n) is 29.7. The van der Waals surface area contributed by atoms with Crippen molar-refractivity contribution >= 4 is 0 Å². The molecular formula is C40H79N2+. The van der Waals surface area contributed by atoms with Crippen molar-refractivity contribution in [3.05, 3.63) is 18.2 Å². The molecule has 42 heavy (non-hydrogen) atoms. The summed E-state index contributed by atoms with van der Waals surface area (Å²) in [7, 11) is 0. The summed E-state index contributed by atoms with van der Waals surface area (Å²) in [6, 6.07) is 0.620. The molecule has 0 saturated heterocycles. The van der Waals surface area contributed by atoms with E-state index in [2.05, 4.69) is 49.6 Å². The molecule has 0 saturated carbocycles. The molecule has 1 aromatic rings. The van der Waals surface area contributed by atoms with Crippen LogP contribution in [0.15, 0.2) is 12.4 Å². The number of aromatic nitrogens is 2. The number of rotatable bonds is 33. The molecule has 1 heterocycles. The molecule has 1 N–H and O–H groups in total. The molecule has 0 aliphatic heterocycles. The van der Waals surface area contributed by atoms with Crippen LogP contribution < -0.4 is 4.57 Å². The van der Waals surface area contributed by atoms with Crippen molar-refractivity contribution in [2.45, 2.75) is 239 Å². The van der Waals surface area contributed by atoms with Gasteiger partial charge in [0.1, 0.15) is 12.4 Å². The van der Waals surface area contributed by atoms with Gasteiger partial charge in [-0.1, -0.05) is 194 Å². The Hall–Kier alpha value is -0.790. The van der Waals surface area contributed by atoms with Crippen LogP contribution in [0.3, 0.4) is 0 Å². The lowest BCUT2D eigenvalue weighted by molar-refractivity contribution is -0.727. The summed E-state index contributed by atoms with van der Waals surface area (Å²) in [6.45, 7) is 9.43. The lowest BCUT2D eigenvalue weighted by Crippen LogP contribution is -2.41. The van der Waals surface area contributed by atoms with Crippen molar-refractivity contribution in [2.75, 3.05) is 0 Å². The molecule has 2 nitrogen and oxygen atoms in total. The first kappa shape index (κ1) is 39.2. The van der Waals surface area contributed by atoms with Gasteiger partial charge >= 0.3 is 0 Å². The van der Waals surface area contributed by atoms with Crippen molar-refractivity contribution in [3.8, 4) is 0 Å². The Morgan fingerprint density at radius 2 is 0.810 bits per heavy atom. The maximum atomic E-state index is 3.68. The monoisotopic (exact) mass is 588 g/mol. The number of H-pyrrole nitrogens is 1. The van der Waals surface area contributed by atoms with Crippen LogP contribution in [0.1, 0.15) is 245 Å². The Bertz CT molecular complexity index is 650. The Labute approximate surface area is 266 Å². The summed E-state index contributed by atoms with van der Waals surface area (Å²) in [4.78, 5) is 3.68. The molecule has 0 radical (unpaired) electrons.